The minimum atomic E-state index is -0.450. The maximum Gasteiger partial charge on any atom is 0.137 e. The molecule has 1 aromatic heterocycles. The number of nitrogens with one attached hydrogen (secondary N) is 1. The molecule has 0 aliphatic carbocycles. The lowest BCUT2D eigenvalue weighted by molar-refractivity contribution is 0.114. The van der Waals surface area contributed by atoms with Crippen molar-refractivity contribution in [3.8, 4) is 0 Å². The van der Waals surface area contributed by atoms with Crippen LogP contribution < -0.4 is 5.32 Å². The van der Waals surface area contributed by atoms with Crippen LogP contribution in [0.5, 0.6) is 0 Å². The number of hydrogen-bond donors (Lipinski definition) is 2. The van der Waals surface area contributed by atoms with E-state index in [4.69, 9.17) is 0 Å². The fourth-order valence-corrected chi connectivity index (χ4v) is 3.70. The van der Waals surface area contributed by atoms with Crippen molar-refractivity contribution in [1.29, 1.82) is 0 Å². The SMILES string of the molecule is Cc1cccc2ncnc(NC[C@@H](O)CN3CCc4ccccc4C3)c12. The van der Waals surface area contributed by atoms with Gasteiger partial charge in [-0.15, -0.1) is 0 Å². The van der Waals surface area contributed by atoms with E-state index < -0.39 is 6.10 Å². The lowest BCUT2D eigenvalue weighted by atomic mass is 10.00. The maximum atomic E-state index is 10.5. The molecule has 0 saturated heterocycles. The minimum Gasteiger partial charge on any atom is -0.390 e. The summed E-state index contributed by atoms with van der Waals surface area (Å²) in [5, 5.41) is 14.8. The highest BCUT2D eigenvalue weighted by Gasteiger charge is 2.18. The second kappa shape index (κ2) is 7.40. The zero-order valence-electron chi connectivity index (χ0n) is 15.0. The minimum absolute atomic E-state index is 0.450. The molecule has 0 bridgehead atoms. The third kappa shape index (κ3) is 3.54. The van der Waals surface area contributed by atoms with E-state index in [1.54, 1.807) is 6.33 Å². The van der Waals surface area contributed by atoms with Crippen LogP contribution >= 0.6 is 0 Å². The van der Waals surface area contributed by atoms with Gasteiger partial charge in [0.15, 0.2) is 0 Å². The van der Waals surface area contributed by atoms with E-state index in [1.807, 2.05) is 12.1 Å². The highest BCUT2D eigenvalue weighted by molar-refractivity contribution is 5.91. The lowest BCUT2D eigenvalue weighted by Crippen LogP contribution is -2.39. The van der Waals surface area contributed by atoms with Gasteiger partial charge in [0.1, 0.15) is 12.1 Å². The van der Waals surface area contributed by atoms with Gasteiger partial charge in [-0.3, -0.25) is 4.90 Å². The Labute approximate surface area is 153 Å². The Hall–Kier alpha value is -2.50. The van der Waals surface area contributed by atoms with Crippen molar-refractivity contribution in [1.82, 2.24) is 14.9 Å². The molecule has 0 spiro atoms. The molecule has 0 fully saturated rings. The summed E-state index contributed by atoms with van der Waals surface area (Å²) in [6, 6.07) is 14.6. The van der Waals surface area contributed by atoms with Gasteiger partial charge >= 0.3 is 0 Å². The number of aliphatic hydroxyl groups is 1. The zero-order chi connectivity index (χ0) is 17.9. The Morgan fingerprint density at radius 3 is 2.85 bits per heavy atom. The Kier molecular flexibility index (Phi) is 4.82. The molecule has 5 heteroatoms. The number of β-amino-alcohol motifs (C(OH)–C–C–N with tert-alkyl or cyclic N) is 1. The molecule has 0 amide bonds. The van der Waals surface area contributed by atoms with Crippen molar-refractivity contribution in [2.75, 3.05) is 25.0 Å². The zero-order valence-corrected chi connectivity index (χ0v) is 15.0. The van der Waals surface area contributed by atoms with Crippen LogP contribution in [0, 0.1) is 6.92 Å². The number of aliphatic hydroxyl groups excluding tert-OH is 1. The molecule has 1 atom stereocenters. The van der Waals surface area contributed by atoms with E-state index in [1.165, 1.54) is 11.1 Å². The molecule has 26 heavy (non-hydrogen) atoms. The number of hydrogen-bond acceptors (Lipinski definition) is 5. The average Bonchev–Trinajstić information content (AvgIpc) is 2.66. The van der Waals surface area contributed by atoms with Gasteiger partial charge in [0.05, 0.1) is 11.6 Å². The molecule has 2 N–H and O–H groups in total. The van der Waals surface area contributed by atoms with Crippen LogP contribution in [0.1, 0.15) is 16.7 Å². The van der Waals surface area contributed by atoms with E-state index in [0.717, 1.165) is 41.8 Å². The van der Waals surface area contributed by atoms with Crippen LogP contribution in [0.15, 0.2) is 48.8 Å². The average molecular weight is 348 g/mol. The highest BCUT2D eigenvalue weighted by atomic mass is 16.3. The second-order valence-corrected chi connectivity index (χ2v) is 6.98. The number of aryl methyl sites for hydroxylation is 1. The summed E-state index contributed by atoms with van der Waals surface area (Å²) in [4.78, 5) is 11.0. The van der Waals surface area contributed by atoms with Crippen LogP contribution in [0.25, 0.3) is 10.9 Å². The lowest BCUT2D eigenvalue weighted by Gasteiger charge is -2.30. The summed E-state index contributed by atoms with van der Waals surface area (Å²) in [7, 11) is 0. The van der Waals surface area contributed by atoms with Crippen molar-refractivity contribution < 1.29 is 5.11 Å². The third-order valence-electron chi connectivity index (χ3n) is 5.06. The molecule has 5 nitrogen and oxygen atoms in total. The first kappa shape index (κ1) is 16.9. The standard InChI is InChI=1S/C21H24N4O/c1-15-5-4-8-19-20(15)21(24-14-23-19)22-11-18(26)13-25-10-9-16-6-2-3-7-17(16)12-25/h2-8,14,18,26H,9-13H2,1H3,(H,22,23,24)/t18-/m1/s1. The van der Waals surface area contributed by atoms with Crippen LogP contribution in [0.3, 0.4) is 0 Å². The fourth-order valence-electron chi connectivity index (χ4n) is 3.70. The van der Waals surface area contributed by atoms with E-state index in [0.29, 0.717) is 13.1 Å². The van der Waals surface area contributed by atoms with Crippen molar-refractivity contribution in [2.24, 2.45) is 0 Å². The molecule has 2 heterocycles. The fraction of sp³-hybridized carbons (Fsp3) is 0.333. The van der Waals surface area contributed by atoms with E-state index in [-0.39, 0.29) is 0 Å². The molecule has 0 radical (unpaired) electrons. The van der Waals surface area contributed by atoms with Crippen LogP contribution in [0.2, 0.25) is 0 Å². The molecule has 134 valence electrons. The number of aromatic nitrogens is 2. The highest BCUT2D eigenvalue weighted by Crippen LogP contribution is 2.23. The first-order valence-corrected chi connectivity index (χ1v) is 9.12. The predicted molar refractivity (Wildman–Crippen MR) is 104 cm³/mol. The number of fused-ring (bicyclic) bond motifs is 2. The molecule has 3 aromatic rings. The Morgan fingerprint density at radius 2 is 1.96 bits per heavy atom. The van der Waals surface area contributed by atoms with Gasteiger partial charge in [-0.2, -0.15) is 0 Å². The van der Waals surface area contributed by atoms with Gasteiger partial charge < -0.3 is 10.4 Å². The van der Waals surface area contributed by atoms with Gasteiger partial charge in [-0.1, -0.05) is 36.4 Å². The van der Waals surface area contributed by atoms with Crippen LogP contribution in [0.4, 0.5) is 5.82 Å². The summed E-state index contributed by atoms with van der Waals surface area (Å²) in [6.07, 6.45) is 2.17. The van der Waals surface area contributed by atoms with E-state index in [9.17, 15) is 5.11 Å². The van der Waals surface area contributed by atoms with Gasteiger partial charge in [0, 0.05) is 31.6 Å². The molecule has 4 rings (SSSR count). The van der Waals surface area contributed by atoms with Crippen molar-refractivity contribution in [3.63, 3.8) is 0 Å². The molecule has 2 aromatic carbocycles. The third-order valence-corrected chi connectivity index (χ3v) is 5.06. The Balaban J connectivity index is 1.39. The van der Waals surface area contributed by atoms with Crippen molar-refractivity contribution in [2.45, 2.75) is 26.0 Å². The number of rotatable bonds is 5. The van der Waals surface area contributed by atoms with Crippen molar-refractivity contribution >= 4 is 16.7 Å². The molecule has 0 saturated carbocycles. The second-order valence-electron chi connectivity index (χ2n) is 6.98. The topological polar surface area (TPSA) is 61.3 Å². The van der Waals surface area contributed by atoms with E-state index in [2.05, 4.69) is 57.4 Å². The molecule has 0 unspecified atom stereocenters. The number of benzene rings is 2. The summed E-state index contributed by atoms with van der Waals surface area (Å²) in [6.45, 7) is 5.08. The molecule has 1 aliphatic heterocycles. The maximum absolute atomic E-state index is 10.5. The normalized spacial score (nSPS) is 15.6. The van der Waals surface area contributed by atoms with E-state index >= 15 is 0 Å². The number of anilines is 1. The predicted octanol–water partition coefficient (Wildman–Crippen LogP) is 2.77. The van der Waals surface area contributed by atoms with Gasteiger partial charge in [0.2, 0.25) is 0 Å². The largest absolute Gasteiger partial charge is 0.390 e. The summed E-state index contributed by atoms with van der Waals surface area (Å²) < 4.78 is 0. The molecular formula is C21H24N4O. The van der Waals surface area contributed by atoms with Gasteiger partial charge in [-0.05, 0) is 36.1 Å². The van der Waals surface area contributed by atoms with Gasteiger partial charge in [-0.25, -0.2) is 9.97 Å². The first-order valence-electron chi connectivity index (χ1n) is 9.12. The molecule has 1 aliphatic rings. The smallest absolute Gasteiger partial charge is 0.137 e. The first-order chi connectivity index (χ1) is 12.7. The Morgan fingerprint density at radius 1 is 1.12 bits per heavy atom. The summed E-state index contributed by atoms with van der Waals surface area (Å²) >= 11 is 0. The van der Waals surface area contributed by atoms with Crippen molar-refractivity contribution in [3.05, 3.63) is 65.5 Å². The van der Waals surface area contributed by atoms with Gasteiger partial charge in [0.25, 0.3) is 0 Å². The van der Waals surface area contributed by atoms with Crippen LogP contribution in [-0.4, -0.2) is 45.7 Å². The van der Waals surface area contributed by atoms with Crippen LogP contribution in [-0.2, 0) is 13.0 Å². The summed E-state index contributed by atoms with van der Waals surface area (Å²) in [5.74, 6) is 0.788. The number of nitrogens with zero attached hydrogens (tertiary/aromatic N) is 3. The molecular weight excluding hydrogens is 324 g/mol. The quantitative estimate of drug-likeness (QED) is 0.742. The summed E-state index contributed by atoms with van der Waals surface area (Å²) in [5.41, 5.74) is 4.85. The Bertz CT molecular complexity index is 906. The monoisotopic (exact) mass is 348 g/mol.